The lowest BCUT2D eigenvalue weighted by Gasteiger charge is -2.32. The minimum absolute atomic E-state index is 0.162. The summed E-state index contributed by atoms with van der Waals surface area (Å²) in [5.74, 6) is -2.45. The molecule has 5 nitrogen and oxygen atoms in total. The van der Waals surface area contributed by atoms with E-state index in [1.165, 1.54) is 0 Å². The lowest BCUT2D eigenvalue weighted by Crippen LogP contribution is -2.52. The predicted molar refractivity (Wildman–Crippen MR) is 85.7 cm³/mol. The number of rotatable bonds is 3. The number of piperidine rings is 1. The average molecular weight is 330 g/mol. The van der Waals surface area contributed by atoms with Crippen molar-refractivity contribution in [3.63, 3.8) is 0 Å². The Labute approximate surface area is 138 Å². The second-order valence-electron chi connectivity index (χ2n) is 5.63. The highest BCUT2D eigenvalue weighted by molar-refractivity contribution is 5.68. The number of nitriles is 1. The molecule has 0 unspecified atom stereocenters. The highest BCUT2D eigenvalue weighted by Crippen LogP contribution is 2.32. The van der Waals surface area contributed by atoms with E-state index in [1.807, 2.05) is 6.07 Å². The normalized spacial score (nSPS) is 19.5. The fourth-order valence-corrected chi connectivity index (χ4v) is 2.64. The van der Waals surface area contributed by atoms with Crippen LogP contribution in [0.4, 0.5) is 14.6 Å². The van der Waals surface area contributed by atoms with Crippen LogP contribution in [0.15, 0.2) is 36.5 Å². The smallest absolute Gasteiger partial charge is 0.296 e. The Bertz CT molecular complexity index is 788. The summed E-state index contributed by atoms with van der Waals surface area (Å²) in [6, 6.07) is 10.3. The Kier molecular flexibility index (Phi) is 4.32. The molecule has 1 aromatic heterocycles. The van der Waals surface area contributed by atoms with E-state index < -0.39 is 18.6 Å². The molecule has 0 radical (unpaired) electrons. The Balaban J connectivity index is 1.89. The van der Waals surface area contributed by atoms with Crippen LogP contribution >= 0.6 is 0 Å². The van der Waals surface area contributed by atoms with Crippen LogP contribution in [0.3, 0.4) is 0 Å². The van der Waals surface area contributed by atoms with E-state index in [0.717, 1.165) is 11.1 Å². The van der Waals surface area contributed by atoms with Crippen LogP contribution in [0, 0.1) is 11.3 Å². The second-order valence-corrected chi connectivity index (χ2v) is 5.63. The summed E-state index contributed by atoms with van der Waals surface area (Å²) in [6.07, 6.45) is 0.505. The van der Waals surface area contributed by atoms with Gasteiger partial charge in [0.1, 0.15) is 17.6 Å². The zero-order valence-corrected chi connectivity index (χ0v) is 12.8. The van der Waals surface area contributed by atoms with Gasteiger partial charge < -0.3 is 15.8 Å². The van der Waals surface area contributed by atoms with E-state index in [2.05, 4.69) is 10.3 Å². The lowest BCUT2D eigenvalue weighted by atomic mass is 10.0. The maximum absolute atomic E-state index is 13.9. The van der Waals surface area contributed by atoms with Crippen LogP contribution in [-0.2, 0) is 0 Å². The summed E-state index contributed by atoms with van der Waals surface area (Å²) in [5, 5.41) is 12.0. The van der Waals surface area contributed by atoms with E-state index >= 15 is 0 Å². The summed E-state index contributed by atoms with van der Waals surface area (Å²) in [6.45, 7) is 0.0322. The Hall–Kier alpha value is -2.72. The summed E-state index contributed by atoms with van der Waals surface area (Å²) in [4.78, 5) is 3.92. The summed E-state index contributed by atoms with van der Waals surface area (Å²) in [5.41, 5.74) is 7.40. The van der Waals surface area contributed by atoms with Gasteiger partial charge in [0, 0.05) is 12.6 Å². The topological polar surface area (TPSA) is 84.0 Å². The molecule has 2 aromatic rings. The molecular formula is C17H16F2N4O. The van der Waals surface area contributed by atoms with Crippen molar-refractivity contribution < 1.29 is 13.5 Å². The molecule has 2 heterocycles. The van der Waals surface area contributed by atoms with Gasteiger partial charge in [0.2, 0.25) is 0 Å². The molecule has 24 heavy (non-hydrogen) atoms. The van der Waals surface area contributed by atoms with E-state index in [0.29, 0.717) is 12.4 Å². The van der Waals surface area contributed by atoms with Gasteiger partial charge in [-0.2, -0.15) is 5.26 Å². The minimum Gasteiger partial charge on any atom is -0.483 e. The van der Waals surface area contributed by atoms with Gasteiger partial charge in [0.05, 0.1) is 12.1 Å². The van der Waals surface area contributed by atoms with Crippen LogP contribution in [0.25, 0.3) is 11.1 Å². The molecule has 3 rings (SSSR count). The quantitative estimate of drug-likeness (QED) is 0.904. The van der Waals surface area contributed by atoms with Crippen LogP contribution in [0.5, 0.6) is 5.75 Å². The molecule has 1 aromatic carbocycles. The van der Waals surface area contributed by atoms with Crippen molar-refractivity contribution in [2.24, 2.45) is 0 Å². The zero-order valence-electron chi connectivity index (χ0n) is 12.8. The zero-order chi connectivity index (χ0) is 17.2. The number of nitrogens with zero attached hydrogens (tertiary/aromatic N) is 2. The Morgan fingerprint density at radius 2 is 2.08 bits per heavy atom. The van der Waals surface area contributed by atoms with Crippen molar-refractivity contribution in [3.8, 4) is 22.9 Å². The fourth-order valence-electron chi connectivity index (χ4n) is 2.64. The van der Waals surface area contributed by atoms with Crippen molar-refractivity contribution in [1.82, 2.24) is 10.3 Å². The predicted octanol–water partition coefficient (Wildman–Crippen LogP) is 2.58. The largest absolute Gasteiger partial charge is 0.483 e. The maximum atomic E-state index is 13.9. The van der Waals surface area contributed by atoms with Gasteiger partial charge in [-0.25, -0.2) is 13.8 Å². The summed E-state index contributed by atoms with van der Waals surface area (Å²) < 4.78 is 33.2. The molecule has 0 bridgehead atoms. The second kappa shape index (κ2) is 6.42. The standard InChI is InChI=1S/C17H16F2N4O/c18-17(19)10-22-5-4-15(17)24-14-2-1-11(7-13(14)9-20)12-3-6-23-16(21)8-12/h1-3,6-8,15,22H,4-5,10H2,(H2,21,23)/t15-/m0/s1. The van der Waals surface area contributed by atoms with Crippen LogP contribution in [0.1, 0.15) is 12.0 Å². The number of nitrogens with two attached hydrogens (primary N) is 1. The Morgan fingerprint density at radius 3 is 2.79 bits per heavy atom. The first-order chi connectivity index (χ1) is 11.5. The molecule has 1 aliphatic heterocycles. The SMILES string of the molecule is N#Cc1cc(-c2ccnc(N)c2)ccc1O[C@H]1CCNCC1(F)F. The molecule has 0 spiro atoms. The minimum atomic E-state index is -2.97. The molecule has 1 aliphatic rings. The maximum Gasteiger partial charge on any atom is 0.296 e. The third-order valence-electron chi connectivity index (χ3n) is 3.90. The third-order valence-corrected chi connectivity index (χ3v) is 3.90. The van der Waals surface area contributed by atoms with Gasteiger partial charge in [-0.05, 0) is 41.9 Å². The number of benzene rings is 1. The van der Waals surface area contributed by atoms with E-state index in [9.17, 15) is 14.0 Å². The van der Waals surface area contributed by atoms with Crippen molar-refractivity contribution >= 4 is 5.82 Å². The van der Waals surface area contributed by atoms with Crippen molar-refractivity contribution in [1.29, 1.82) is 5.26 Å². The molecule has 3 N–H and O–H groups in total. The fraction of sp³-hybridized carbons (Fsp3) is 0.294. The van der Waals surface area contributed by atoms with Crippen molar-refractivity contribution in [3.05, 3.63) is 42.1 Å². The molecule has 0 amide bonds. The van der Waals surface area contributed by atoms with Gasteiger partial charge in [-0.1, -0.05) is 6.07 Å². The number of alkyl halides is 2. The third kappa shape index (κ3) is 3.29. The van der Waals surface area contributed by atoms with Crippen molar-refractivity contribution in [2.75, 3.05) is 18.8 Å². The molecule has 1 saturated heterocycles. The first-order valence-corrected chi connectivity index (χ1v) is 7.51. The van der Waals surface area contributed by atoms with Gasteiger partial charge in [0.25, 0.3) is 5.92 Å². The molecule has 0 aliphatic carbocycles. The number of hydrogen-bond acceptors (Lipinski definition) is 5. The molecule has 1 atom stereocenters. The van der Waals surface area contributed by atoms with Gasteiger partial charge >= 0.3 is 0 Å². The van der Waals surface area contributed by atoms with Gasteiger partial charge in [-0.3, -0.25) is 0 Å². The number of nitrogen functional groups attached to an aromatic ring is 1. The summed E-state index contributed by atoms with van der Waals surface area (Å²) >= 11 is 0. The van der Waals surface area contributed by atoms with Crippen molar-refractivity contribution in [2.45, 2.75) is 18.4 Å². The number of anilines is 1. The van der Waals surface area contributed by atoms with Crippen LogP contribution in [0.2, 0.25) is 0 Å². The van der Waals surface area contributed by atoms with Gasteiger partial charge in [0.15, 0.2) is 6.10 Å². The number of hydrogen-bond donors (Lipinski definition) is 2. The first-order valence-electron chi connectivity index (χ1n) is 7.51. The molecule has 124 valence electrons. The lowest BCUT2D eigenvalue weighted by molar-refractivity contribution is -0.109. The highest BCUT2D eigenvalue weighted by Gasteiger charge is 2.43. The number of aromatic nitrogens is 1. The first kappa shape index (κ1) is 16.1. The van der Waals surface area contributed by atoms with E-state index in [-0.39, 0.29) is 17.7 Å². The monoisotopic (exact) mass is 330 g/mol. The van der Waals surface area contributed by atoms with E-state index in [1.54, 1.807) is 36.5 Å². The van der Waals surface area contributed by atoms with Crippen LogP contribution < -0.4 is 15.8 Å². The summed E-state index contributed by atoms with van der Waals surface area (Å²) in [7, 11) is 0. The average Bonchev–Trinajstić information content (AvgIpc) is 2.57. The number of halogens is 2. The van der Waals surface area contributed by atoms with E-state index in [4.69, 9.17) is 10.5 Å². The number of pyridine rings is 1. The molecular weight excluding hydrogens is 314 g/mol. The Morgan fingerprint density at radius 1 is 1.29 bits per heavy atom. The van der Waals surface area contributed by atoms with Gasteiger partial charge in [-0.15, -0.1) is 0 Å². The van der Waals surface area contributed by atoms with Crippen LogP contribution in [-0.4, -0.2) is 30.1 Å². The molecule has 7 heteroatoms. The number of ether oxygens (including phenoxy) is 1. The molecule has 1 fully saturated rings. The number of nitrogens with one attached hydrogen (secondary N) is 1. The molecule has 0 saturated carbocycles. The highest BCUT2D eigenvalue weighted by atomic mass is 19.3.